The Morgan fingerprint density at radius 3 is 2.68 bits per heavy atom. The van der Waals surface area contributed by atoms with Gasteiger partial charge in [-0.05, 0) is 44.0 Å². The van der Waals surface area contributed by atoms with E-state index < -0.39 is 0 Å². The number of para-hydroxylation sites is 1. The Labute approximate surface area is 168 Å². The van der Waals surface area contributed by atoms with Crippen LogP contribution in [0.3, 0.4) is 0 Å². The van der Waals surface area contributed by atoms with E-state index in [1.807, 2.05) is 54.0 Å². The molecule has 0 radical (unpaired) electrons. The molecule has 146 valence electrons. The molecule has 0 saturated carbocycles. The van der Waals surface area contributed by atoms with Crippen molar-refractivity contribution in [3.05, 3.63) is 54.5 Å². The first-order valence-corrected chi connectivity index (χ1v) is 10.3. The molecule has 4 rings (SSSR count). The van der Waals surface area contributed by atoms with E-state index in [1.54, 1.807) is 6.26 Å². The molecular weight excluding hydrogens is 374 g/mol. The van der Waals surface area contributed by atoms with Crippen LogP contribution in [-0.2, 0) is 11.3 Å². The Kier molecular flexibility index (Phi) is 5.66. The van der Waals surface area contributed by atoms with Crippen molar-refractivity contribution in [2.45, 2.75) is 36.7 Å². The number of benzene rings is 1. The fraction of sp³-hybridized carbons (Fsp3) is 0.350. The second kappa shape index (κ2) is 8.52. The van der Waals surface area contributed by atoms with Gasteiger partial charge >= 0.3 is 0 Å². The van der Waals surface area contributed by atoms with Gasteiger partial charge < -0.3 is 14.6 Å². The van der Waals surface area contributed by atoms with Gasteiger partial charge in [0.25, 0.3) is 0 Å². The van der Waals surface area contributed by atoms with Crippen molar-refractivity contribution in [2.75, 3.05) is 23.3 Å². The lowest BCUT2D eigenvalue weighted by molar-refractivity contribution is -0.115. The number of nitrogens with zero attached hydrogens (tertiary/aromatic N) is 4. The van der Waals surface area contributed by atoms with Crippen LogP contribution < -0.4 is 10.2 Å². The van der Waals surface area contributed by atoms with Gasteiger partial charge in [-0.15, -0.1) is 10.2 Å². The maximum atomic E-state index is 12.6. The maximum Gasteiger partial charge on any atom is 0.237 e. The van der Waals surface area contributed by atoms with Crippen LogP contribution in [0.4, 0.5) is 11.6 Å². The number of rotatable bonds is 7. The summed E-state index contributed by atoms with van der Waals surface area (Å²) in [6, 6.07) is 13.3. The number of furan rings is 1. The molecule has 1 N–H and O–H groups in total. The Bertz CT molecular complexity index is 904. The Morgan fingerprint density at radius 1 is 1.18 bits per heavy atom. The molecule has 1 fully saturated rings. The van der Waals surface area contributed by atoms with Crippen molar-refractivity contribution < 1.29 is 9.21 Å². The number of anilines is 2. The monoisotopic (exact) mass is 397 g/mol. The number of carbonyl (C=O) groups is 1. The zero-order valence-electron chi connectivity index (χ0n) is 15.7. The summed E-state index contributed by atoms with van der Waals surface area (Å²) in [5.74, 6) is 1.61. The fourth-order valence-corrected chi connectivity index (χ4v) is 4.04. The summed E-state index contributed by atoms with van der Waals surface area (Å²) in [5, 5.41) is 12.1. The molecule has 3 heterocycles. The number of nitrogens with one attached hydrogen (secondary N) is 1. The highest BCUT2D eigenvalue weighted by atomic mass is 32.2. The van der Waals surface area contributed by atoms with E-state index in [9.17, 15) is 4.79 Å². The molecule has 0 spiro atoms. The van der Waals surface area contributed by atoms with Gasteiger partial charge in [-0.25, -0.2) is 0 Å². The van der Waals surface area contributed by atoms with E-state index in [-0.39, 0.29) is 11.2 Å². The molecule has 3 aromatic rings. The minimum absolute atomic E-state index is 0.0635. The molecular formula is C20H23N5O2S. The molecule has 1 atom stereocenters. The number of amides is 1. The molecule has 0 bridgehead atoms. The zero-order valence-corrected chi connectivity index (χ0v) is 16.6. The lowest BCUT2D eigenvalue weighted by Crippen LogP contribution is -2.24. The number of hydrogen-bond acceptors (Lipinski definition) is 6. The second-order valence-corrected chi connectivity index (χ2v) is 8.07. The van der Waals surface area contributed by atoms with Gasteiger partial charge in [0.1, 0.15) is 5.76 Å². The first-order valence-electron chi connectivity index (χ1n) is 9.44. The number of aromatic nitrogens is 3. The van der Waals surface area contributed by atoms with Crippen LogP contribution in [-0.4, -0.2) is 39.0 Å². The van der Waals surface area contributed by atoms with E-state index in [0.29, 0.717) is 11.7 Å². The lowest BCUT2D eigenvalue weighted by Gasteiger charge is -2.18. The molecule has 0 aliphatic carbocycles. The highest BCUT2D eigenvalue weighted by Crippen LogP contribution is 2.29. The summed E-state index contributed by atoms with van der Waals surface area (Å²) in [7, 11) is 0. The number of hydrogen-bond donors (Lipinski definition) is 1. The molecule has 1 aliphatic heterocycles. The van der Waals surface area contributed by atoms with Crippen LogP contribution in [0.2, 0.25) is 0 Å². The first kappa shape index (κ1) is 18.6. The van der Waals surface area contributed by atoms with Crippen molar-refractivity contribution in [1.29, 1.82) is 0 Å². The molecule has 8 heteroatoms. The third-order valence-corrected chi connectivity index (χ3v) is 5.75. The molecule has 1 amide bonds. The van der Waals surface area contributed by atoms with Crippen molar-refractivity contribution >= 4 is 29.3 Å². The molecule has 28 heavy (non-hydrogen) atoms. The summed E-state index contributed by atoms with van der Waals surface area (Å²) >= 11 is 1.41. The molecule has 7 nitrogen and oxygen atoms in total. The second-order valence-electron chi connectivity index (χ2n) is 6.76. The third kappa shape index (κ3) is 4.22. The summed E-state index contributed by atoms with van der Waals surface area (Å²) < 4.78 is 7.57. The van der Waals surface area contributed by atoms with Crippen LogP contribution in [0, 0.1) is 0 Å². The van der Waals surface area contributed by atoms with Gasteiger partial charge in [0.2, 0.25) is 11.9 Å². The van der Waals surface area contributed by atoms with Gasteiger partial charge in [-0.3, -0.25) is 9.36 Å². The highest BCUT2D eigenvalue weighted by molar-refractivity contribution is 8.00. The average molecular weight is 398 g/mol. The van der Waals surface area contributed by atoms with Gasteiger partial charge in [0.05, 0.1) is 18.1 Å². The SMILES string of the molecule is CC(Sc1nnc(N2CCCC2)n1Cc1ccco1)C(=O)Nc1ccccc1. The topological polar surface area (TPSA) is 76.2 Å². The summed E-state index contributed by atoms with van der Waals surface area (Å²) in [5.41, 5.74) is 0.787. The van der Waals surface area contributed by atoms with Gasteiger partial charge in [-0.1, -0.05) is 30.0 Å². The molecule has 2 aromatic heterocycles. The smallest absolute Gasteiger partial charge is 0.237 e. The van der Waals surface area contributed by atoms with E-state index in [4.69, 9.17) is 4.42 Å². The molecule has 1 unspecified atom stereocenters. The normalized spacial score (nSPS) is 15.0. The van der Waals surface area contributed by atoms with Crippen molar-refractivity contribution in [1.82, 2.24) is 14.8 Å². The predicted molar refractivity (Wildman–Crippen MR) is 110 cm³/mol. The van der Waals surface area contributed by atoms with Gasteiger partial charge in [-0.2, -0.15) is 0 Å². The third-order valence-electron chi connectivity index (χ3n) is 4.67. The minimum Gasteiger partial charge on any atom is -0.467 e. The van der Waals surface area contributed by atoms with Crippen LogP contribution in [0.15, 0.2) is 58.3 Å². The summed E-state index contributed by atoms with van der Waals surface area (Å²) in [6.45, 7) is 4.38. The number of thioether (sulfide) groups is 1. The van der Waals surface area contributed by atoms with Crippen LogP contribution in [0.5, 0.6) is 0 Å². The quantitative estimate of drug-likeness (QED) is 0.614. The molecule has 1 aliphatic rings. The standard InChI is InChI=1S/C20H23N5O2S/c1-15(18(26)21-16-8-3-2-4-9-16)28-20-23-22-19(24-11-5-6-12-24)25(20)14-17-10-7-13-27-17/h2-4,7-10,13,15H,5-6,11-12,14H2,1H3,(H,21,26). The molecule has 1 saturated heterocycles. The number of carbonyl (C=O) groups excluding carboxylic acids is 1. The molecule has 1 aromatic carbocycles. The van der Waals surface area contributed by atoms with E-state index in [2.05, 4.69) is 20.4 Å². The Hall–Kier alpha value is -2.74. The Balaban J connectivity index is 1.52. The maximum absolute atomic E-state index is 12.6. The fourth-order valence-electron chi connectivity index (χ4n) is 3.19. The predicted octanol–water partition coefficient (Wildman–Crippen LogP) is 3.64. The van der Waals surface area contributed by atoms with Gasteiger partial charge in [0, 0.05) is 18.8 Å². The average Bonchev–Trinajstić information content (AvgIpc) is 3.46. The lowest BCUT2D eigenvalue weighted by atomic mass is 10.3. The van der Waals surface area contributed by atoms with Crippen LogP contribution in [0.1, 0.15) is 25.5 Å². The minimum atomic E-state index is -0.314. The van der Waals surface area contributed by atoms with Gasteiger partial charge in [0.15, 0.2) is 5.16 Å². The van der Waals surface area contributed by atoms with E-state index >= 15 is 0 Å². The summed E-state index contributed by atoms with van der Waals surface area (Å²) in [4.78, 5) is 14.8. The van der Waals surface area contributed by atoms with Crippen molar-refractivity contribution in [3.8, 4) is 0 Å². The van der Waals surface area contributed by atoms with Crippen molar-refractivity contribution in [2.24, 2.45) is 0 Å². The Morgan fingerprint density at radius 2 is 1.96 bits per heavy atom. The highest BCUT2D eigenvalue weighted by Gasteiger charge is 2.25. The van der Waals surface area contributed by atoms with E-state index in [0.717, 1.165) is 43.3 Å². The largest absolute Gasteiger partial charge is 0.467 e. The zero-order chi connectivity index (χ0) is 19.3. The van der Waals surface area contributed by atoms with Crippen LogP contribution in [0.25, 0.3) is 0 Å². The van der Waals surface area contributed by atoms with Crippen LogP contribution >= 0.6 is 11.8 Å². The summed E-state index contributed by atoms with van der Waals surface area (Å²) in [6.07, 6.45) is 3.98. The van der Waals surface area contributed by atoms with Crippen molar-refractivity contribution in [3.63, 3.8) is 0 Å². The first-order chi connectivity index (χ1) is 13.7. The van der Waals surface area contributed by atoms with E-state index in [1.165, 1.54) is 11.8 Å².